The Hall–Kier alpha value is -0.880. The molecule has 1 aliphatic carbocycles. The second kappa shape index (κ2) is 5.84. The van der Waals surface area contributed by atoms with Crippen LogP contribution < -0.4 is 5.32 Å². The number of aliphatic carboxylic acids is 1. The molecule has 6 heteroatoms. The highest BCUT2D eigenvalue weighted by Gasteiger charge is 2.41. The highest BCUT2D eigenvalue weighted by molar-refractivity contribution is 9.11. The first-order valence-corrected chi connectivity index (χ1v) is 7.43. The molecule has 1 saturated carbocycles. The Morgan fingerprint density at radius 2 is 2.11 bits per heavy atom. The number of carboxylic acid groups (broad SMARTS) is 1. The SMILES string of the molecule is O=C(O)C1CCC1C(=O)NCCc1ccc(Br)s1. The van der Waals surface area contributed by atoms with E-state index in [2.05, 4.69) is 21.2 Å². The molecule has 1 aliphatic rings. The zero-order valence-corrected chi connectivity index (χ0v) is 12.1. The molecule has 0 spiro atoms. The Labute approximate surface area is 118 Å². The third-order valence-electron chi connectivity index (χ3n) is 3.23. The predicted molar refractivity (Wildman–Crippen MR) is 72.6 cm³/mol. The maximum absolute atomic E-state index is 11.8. The Morgan fingerprint density at radius 1 is 1.39 bits per heavy atom. The van der Waals surface area contributed by atoms with Crippen LogP contribution in [-0.2, 0) is 16.0 Å². The van der Waals surface area contributed by atoms with Gasteiger partial charge in [-0.2, -0.15) is 0 Å². The summed E-state index contributed by atoms with van der Waals surface area (Å²) in [4.78, 5) is 23.8. The molecule has 98 valence electrons. The van der Waals surface area contributed by atoms with Gasteiger partial charge in [-0.05, 0) is 47.3 Å². The maximum Gasteiger partial charge on any atom is 0.307 e. The number of carboxylic acids is 1. The fourth-order valence-electron chi connectivity index (χ4n) is 2.04. The lowest BCUT2D eigenvalue weighted by Crippen LogP contribution is -2.44. The second-order valence-electron chi connectivity index (χ2n) is 4.38. The average Bonchev–Trinajstić information content (AvgIpc) is 2.61. The van der Waals surface area contributed by atoms with Crippen molar-refractivity contribution in [3.63, 3.8) is 0 Å². The van der Waals surface area contributed by atoms with Gasteiger partial charge >= 0.3 is 5.97 Å². The van der Waals surface area contributed by atoms with Crippen LogP contribution in [0.25, 0.3) is 0 Å². The summed E-state index contributed by atoms with van der Waals surface area (Å²) in [6.45, 7) is 0.564. The minimum absolute atomic E-state index is 0.121. The third-order valence-corrected chi connectivity index (χ3v) is 4.91. The number of thiophene rings is 1. The smallest absolute Gasteiger partial charge is 0.307 e. The van der Waals surface area contributed by atoms with Crippen LogP contribution in [0.1, 0.15) is 17.7 Å². The maximum atomic E-state index is 11.8. The van der Waals surface area contributed by atoms with Gasteiger partial charge in [0, 0.05) is 11.4 Å². The largest absolute Gasteiger partial charge is 0.481 e. The van der Waals surface area contributed by atoms with Gasteiger partial charge in [0.15, 0.2) is 0 Å². The predicted octanol–water partition coefficient (Wildman–Crippen LogP) is 2.28. The normalized spacial score (nSPS) is 22.3. The van der Waals surface area contributed by atoms with Crippen molar-refractivity contribution < 1.29 is 14.7 Å². The Kier molecular flexibility index (Phi) is 4.40. The van der Waals surface area contributed by atoms with Gasteiger partial charge in [-0.25, -0.2) is 0 Å². The lowest BCUT2D eigenvalue weighted by Gasteiger charge is -2.31. The summed E-state index contributed by atoms with van der Waals surface area (Å²) in [5.74, 6) is -1.80. The summed E-state index contributed by atoms with van der Waals surface area (Å²) >= 11 is 5.03. The number of amides is 1. The van der Waals surface area contributed by atoms with Gasteiger partial charge in [0.05, 0.1) is 15.6 Å². The molecule has 0 aromatic carbocycles. The first kappa shape index (κ1) is 13.5. The number of carbonyl (C=O) groups excluding carboxylic acids is 1. The monoisotopic (exact) mass is 331 g/mol. The number of hydrogen-bond acceptors (Lipinski definition) is 3. The molecule has 1 heterocycles. The second-order valence-corrected chi connectivity index (χ2v) is 6.92. The quantitative estimate of drug-likeness (QED) is 0.869. The van der Waals surface area contributed by atoms with Crippen molar-refractivity contribution in [3.8, 4) is 0 Å². The lowest BCUT2D eigenvalue weighted by atomic mass is 9.73. The van der Waals surface area contributed by atoms with E-state index in [0.29, 0.717) is 19.4 Å². The highest BCUT2D eigenvalue weighted by Crippen LogP contribution is 2.34. The summed E-state index contributed by atoms with van der Waals surface area (Å²) in [5, 5.41) is 11.7. The van der Waals surface area contributed by atoms with Crippen molar-refractivity contribution in [1.82, 2.24) is 5.32 Å². The van der Waals surface area contributed by atoms with Gasteiger partial charge in [-0.3, -0.25) is 9.59 Å². The minimum Gasteiger partial charge on any atom is -0.481 e. The first-order chi connectivity index (χ1) is 8.58. The molecular weight excluding hydrogens is 318 g/mol. The van der Waals surface area contributed by atoms with Gasteiger partial charge < -0.3 is 10.4 Å². The molecule has 2 rings (SSSR count). The summed E-state index contributed by atoms with van der Waals surface area (Å²) in [5.41, 5.74) is 0. The fraction of sp³-hybridized carbons (Fsp3) is 0.500. The van der Waals surface area contributed by atoms with Gasteiger partial charge in [0.25, 0.3) is 0 Å². The van der Waals surface area contributed by atoms with Crippen LogP contribution in [0.4, 0.5) is 0 Å². The topological polar surface area (TPSA) is 66.4 Å². The van der Waals surface area contributed by atoms with E-state index in [1.807, 2.05) is 12.1 Å². The van der Waals surface area contributed by atoms with E-state index in [9.17, 15) is 9.59 Å². The van der Waals surface area contributed by atoms with Gasteiger partial charge in [0.2, 0.25) is 5.91 Å². The number of hydrogen-bond donors (Lipinski definition) is 2. The van der Waals surface area contributed by atoms with Crippen molar-refractivity contribution in [3.05, 3.63) is 20.8 Å². The molecule has 1 aromatic rings. The minimum atomic E-state index is -0.858. The van der Waals surface area contributed by atoms with E-state index < -0.39 is 11.9 Å². The van der Waals surface area contributed by atoms with Crippen LogP contribution in [0.3, 0.4) is 0 Å². The van der Waals surface area contributed by atoms with Crippen LogP contribution in [-0.4, -0.2) is 23.5 Å². The summed E-state index contributed by atoms with van der Waals surface area (Å²) < 4.78 is 1.08. The van der Waals surface area contributed by atoms with Crippen LogP contribution >= 0.6 is 27.3 Å². The van der Waals surface area contributed by atoms with Crippen molar-refractivity contribution in [1.29, 1.82) is 0 Å². The molecule has 1 amide bonds. The lowest BCUT2D eigenvalue weighted by molar-refractivity contribution is -0.152. The van der Waals surface area contributed by atoms with Crippen LogP contribution in [0.2, 0.25) is 0 Å². The molecular formula is C12H14BrNO3S. The zero-order chi connectivity index (χ0) is 13.1. The van der Waals surface area contributed by atoms with Gasteiger partial charge in [-0.1, -0.05) is 0 Å². The number of carbonyl (C=O) groups is 2. The van der Waals surface area contributed by atoms with Crippen LogP contribution in [0, 0.1) is 11.8 Å². The molecule has 2 atom stereocenters. The number of nitrogens with one attached hydrogen (secondary N) is 1. The number of rotatable bonds is 5. The van der Waals surface area contributed by atoms with Gasteiger partial charge in [0.1, 0.15) is 0 Å². The molecule has 2 N–H and O–H groups in total. The van der Waals surface area contributed by atoms with E-state index in [0.717, 1.165) is 10.2 Å². The average molecular weight is 332 g/mol. The zero-order valence-electron chi connectivity index (χ0n) is 9.69. The fourth-order valence-corrected chi connectivity index (χ4v) is 3.52. The van der Waals surface area contributed by atoms with Gasteiger partial charge in [-0.15, -0.1) is 11.3 Å². The first-order valence-electron chi connectivity index (χ1n) is 5.82. The van der Waals surface area contributed by atoms with Crippen molar-refractivity contribution in [2.45, 2.75) is 19.3 Å². The molecule has 0 saturated heterocycles. The van der Waals surface area contributed by atoms with Crippen LogP contribution in [0.5, 0.6) is 0 Å². The van der Waals surface area contributed by atoms with Crippen molar-refractivity contribution >= 4 is 39.1 Å². The van der Waals surface area contributed by atoms with E-state index in [1.54, 1.807) is 11.3 Å². The molecule has 2 unspecified atom stereocenters. The van der Waals surface area contributed by atoms with Crippen molar-refractivity contribution in [2.24, 2.45) is 11.8 Å². The molecule has 4 nitrogen and oxygen atoms in total. The summed E-state index contributed by atoms with van der Waals surface area (Å²) in [7, 11) is 0. The van der Waals surface area contributed by atoms with E-state index >= 15 is 0 Å². The van der Waals surface area contributed by atoms with E-state index in [1.165, 1.54) is 4.88 Å². The standard InChI is InChI=1S/C12H14BrNO3S/c13-10-4-1-7(18-10)5-6-14-11(15)8-2-3-9(8)12(16)17/h1,4,8-9H,2-3,5-6H2,(H,14,15)(H,16,17). The summed E-state index contributed by atoms with van der Waals surface area (Å²) in [6, 6.07) is 4.00. The molecule has 0 aliphatic heterocycles. The number of halogens is 1. The Balaban J connectivity index is 1.74. The molecule has 0 bridgehead atoms. The molecule has 1 aromatic heterocycles. The molecule has 1 fully saturated rings. The van der Waals surface area contributed by atoms with E-state index in [-0.39, 0.29) is 11.8 Å². The Bertz CT molecular complexity index is 460. The summed E-state index contributed by atoms with van der Waals surface area (Å²) in [6.07, 6.45) is 2.09. The molecule has 18 heavy (non-hydrogen) atoms. The van der Waals surface area contributed by atoms with Crippen LogP contribution in [0.15, 0.2) is 15.9 Å². The molecule has 0 radical (unpaired) electrons. The third kappa shape index (κ3) is 3.11. The van der Waals surface area contributed by atoms with E-state index in [4.69, 9.17) is 5.11 Å². The highest BCUT2D eigenvalue weighted by atomic mass is 79.9. The van der Waals surface area contributed by atoms with Crippen molar-refractivity contribution in [2.75, 3.05) is 6.54 Å². The Morgan fingerprint density at radius 3 is 2.61 bits per heavy atom.